The maximum atomic E-state index is 2.53. The van der Waals surface area contributed by atoms with E-state index in [0.717, 1.165) is 22.6 Å². The first-order valence-corrected chi connectivity index (χ1v) is 23.3. The average molecular weight is 852 g/mol. The van der Waals surface area contributed by atoms with E-state index in [1.165, 1.54) is 98.7 Å². The Hall–Kier alpha value is -8.52. The second-order valence-electron chi connectivity index (χ2n) is 18.1. The molecule has 1 nitrogen and oxygen atoms in total. The van der Waals surface area contributed by atoms with Crippen molar-refractivity contribution in [3.8, 4) is 44.5 Å². The number of anilines is 3. The maximum absolute atomic E-state index is 2.53. The van der Waals surface area contributed by atoms with Gasteiger partial charge < -0.3 is 4.90 Å². The summed E-state index contributed by atoms with van der Waals surface area (Å²) in [5, 5.41) is 9.94. The molecule has 1 aliphatic rings. The number of fused-ring (bicyclic) bond motifs is 9. The summed E-state index contributed by atoms with van der Waals surface area (Å²) < 4.78 is 0. The molecule has 1 atom stereocenters. The Morgan fingerprint density at radius 3 is 1.61 bits per heavy atom. The number of hydrogen-bond acceptors (Lipinski definition) is 1. The molecule has 0 aliphatic heterocycles. The third-order valence-electron chi connectivity index (χ3n) is 14.5. The highest BCUT2D eigenvalue weighted by molar-refractivity contribution is 6.22. The van der Waals surface area contributed by atoms with Gasteiger partial charge in [0.1, 0.15) is 0 Å². The standard InChI is InChI=1S/C66H45N/c1-66(49-26-9-4-10-27-49)59-34-16-15-32-57(59)65-60(66)35-19-37-62(65)67(61-36-18-33-52-51-29-12-11-20-44(51)38-41-55(52)61)50-28-17-25-47(42-50)48-39-40-54-53-30-13-14-31-56(53)63(45-21-5-2-6-22-45)64(58(54)43-48)46-23-7-3-8-24-46/h2-43H,1H3. The van der Waals surface area contributed by atoms with Crippen LogP contribution in [0.4, 0.5) is 17.1 Å². The number of hydrogen-bond donors (Lipinski definition) is 0. The van der Waals surface area contributed by atoms with Gasteiger partial charge in [-0.3, -0.25) is 0 Å². The molecule has 0 saturated carbocycles. The van der Waals surface area contributed by atoms with Crippen LogP contribution >= 0.6 is 0 Å². The van der Waals surface area contributed by atoms with Crippen LogP contribution in [0.1, 0.15) is 23.6 Å². The molecule has 12 aromatic rings. The first kappa shape index (κ1) is 38.9. The lowest BCUT2D eigenvalue weighted by molar-refractivity contribution is 0.714. The molecule has 0 saturated heterocycles. The van der Waals surface area contributed by atoms with E-state index in [2.05, 4.69) is 267 Å². The quantitative estimate of drug-likeness (QED) is 0.144. The van der Waals surface area contributed by atoms with E-state index in [0.29, 0.717) is 0 Å². The molecule has 12 aromatic carbocycles. The van der Waals surface area contributed by atoms with Crippen molar-refractivity contribution in [3.63, 3.8) is 0 Å². The zero-order valence-corrected chi connectivity index (χ0v) is 37.2. The molecule has 0 amide bonds. The number of nitrogens with zero attached hydrogens (tertiary/aromatic N) is 1. The third-order valence-corrected chi connectivity index (χ3v) is 14.5. The monoisotopic (exact) mass is 851 g/mol. The van der Waals surface area contributed by atoms with Gasteiger partial charge in [0, 0.05) is 22.1 Å². The first-order chi connectivity index (χ1) is 33.1. The van der Waals surface area contributed by atoms with E-state index in [-0.39, 0.29) is 5.41 Å². The lowest BCUT2D eigenvalue weighted by atomic mass is 9.74. The van der Waals surface area contributed by atoms with E-state index in [1.807, 2.05) is 0 Å². The summed E-state index contributed by atoms with van der Waals surface area (Å²) in [6.07, 6.45) is 0. The van der Waals surface area contributed by atoms with Gasteiger partial charge in [-0.25, -0.2) is 0 Å². The van der Waals surface area contributed by atoms with Crippen LogP contribution in [0, 0.1) is 0 Å². The molecular weight excluding hydrogens is 807 g/mol. The Balaban J connectivity index is 1.07. The first-order valence-electron chi connectivity index (χ1n) is 23.3. The second-order valence-corrected chi connectivity index (χ2v) is 18.1. The van der Waals surface area contributed by atoms with Crippen molar-refractivity contribution in [3.05, 3.63) is 271 Å². The predicted octanol–water partition coefficient (Wildman–Crippen LogP) is 18.1. The average Bonchev–Trinajstić information content (AvgIpc) is 3.67. The van der Waals surface area contributed by atoms with Gasteiger partial charge in [0.15, 0.2) is 0 Å². The Labute approximate surface area is 391 Å². The van der Waals surface area contributed by atoms with Crippen molar-refractivity contribution in [2.24, 2.45) is 0 Å². The van der Waals surface area contributed by atoms with Crippen LogP contribution in [0.15, 0.2) is 255 Å². The highest BCUT2D eigenvalue weighted by Crippen LogP contribution is 2.57. The van der Waals surface area contributed by atoms with Crippen LogP contribution in [0.25, 0.3) is 87.6 Å². The molecule has 0 radical (unpaired) electrons. The van der Waals surface area contributed by atoms with Gasteiger partial charge in [0.05, 0.1) is 11.4 Å². The fraction of sp³-hybridized carbons (Fsp3) is 0.0303. The summed E-state index contributed by atoms with van der Waals surface area (Å²) in [5.74, 6) is 0. The molecule has 314 valence electrons. The minimum atomic E-state index is -0.337. The molecular formula is C66H45N. The summed E-state index contributed by atoms with van der Waals surface area (Å²) in [6.45, 7) is 2.40. The largest absolute Gasteiger partial charge is 0.309 e. The van der Waals surface area contributed by atoms with Gasteiger partial charge in [-0.05, 0) is 131 Å². The lowest BCUT2D eigenvalue weighted by Gasteiger charge is -2.31. The van der Waals surface area contributed by atoms with Crippen LogP contribution in [-0.2, 0) is 5.41 Å². The summed E-state index contributed by atoms with van der Waals surface area (Å²) in [4.78, 5) is 2.53. The molecule has 0 bridgehead atoms. The highest BCUT2D eigenvalue weighted by Gasteiger charge is 2.42. The van der Waals surface area contributed by atoms with Gasteiger partial charge in [0.2, 0.25) is 0 Å². The Bertz CT molecular complexity index is 3870. The molecule has 0 aromatic heterocycles. The van der Waals surface area contributed by atoms with E-state index in [4.69, 9.17) is 0 Å². The van der Waals surface area contributed by atoms with Crippen molar-refractivity contribution < 1.29 is 0 Å². The van der Waals surface area contributed by atoms with E-state index >= 15 is 0 Å². The Kier molecular flexibility index (Phi) is 9.05. The summed E-state index contributed by atoms with van der Waals surface area (Å²) in [5.41, 5.74) is 16.8. The van der Waals surface area contributed by atoms with Gasteiger partial charge >= 0.3 is 0 Å². The van der Waals surface area contributed by atoms with Crippen LogP contribution in [0.5, 0.6) is 0 Å². The molecule has 1 aliphatic carbocycles. The lowest BCUT2D eigenvalue weighted by Crippen LogP contribution is -2.22. The second kappa shape index (κ2) is 15.6. The molecule has 0 N–H and O–H groups in total. The normalized spacial score (nSPS) is 14.1. The zero-order valence-electron chi connectivity index (χ0n) is 37.2. The van der Waals surface area contributed by atoms with Crippen LogP contribution in [0.2, 0.25) is 0 Å². The van der Waals surface area contributed by atoms with E-state index < -0.39 is 0 Å². The fourth-order valence-electron chi connectivity index (χ4n) is 11.4. The SMILES string of the molecule is CC1(c2ccccc2)c2ccccc2-c2c(N(c3cccc(-c4ccc5c(c4)c(-c4ccccc4)c(-c4ccccc4)c4ccccc45)c3)c3cccc4c3ccc3ccccc34)cccc21. The molecule has 13 rings (SSSR count). The van der Waals surface area contributed by atoms with Crippen molar-refractivity contribution in [2.75, 3.05) is 4.90 Å². The van der Waals surface area contributed by atoms with Crippen molar-refractivity contribution >= 4 is 60.2 Å². The van der Waals surface area contributed by atoms with Gasteiger partial charge in [-0.15, -0.1) is 0 Å². The minimum Gasteiger partial charge on any atom is -0.309 e. The Morgan fingerprint density at radius 1 is 0.299 bits per heavy atom. The third kappa shape index (κ3) is 6.09. The van der Waals surface area contributed by atoms with Crippen molar-refractivity contribution in [2.45, 2.75) is 12.3 Å². The van der Waals surface area contributed by atoms with Crippen molar-refractivity contribution in [1.82, 2.24) is 0 Å². The summed E-state index contributed by atoms with van der Waals surface area (Å²) in [6, 6.07) is 94.2. The van der Waals surface area contributed by atoms with Gasteiger partial charge in [-0.1, -0.05) is 224 Å². The number of benzene rings is 12. The minimum absolute atomic E-state index is 0.337. The van der Waals surface area contributed by atoms with Gasteiger partial charge in [-0.2, -0.15) is 0 Å². The maximum Gasteiger partial charge on any atom is 0.0543 e. The molecule has 0 heterocycles. The molecule has 0 fully saturated rings. The van der Waals surface area contributed by atoms with Crippen molar-refractivity contribution in [1.29, 1.82) is 0 Å². The van der Waals surface area contributed by atoms with Crippen LogP contribution < -0.4 is 4.90 Å². The fourth-order valence-corrected chi connectivity index (χ4v) is 11.4. The summed E-state index contributed by atoms with van der Waals surface area (Å²) in [7, 11) is 0. The molecule has 0 spiro atoms. The topological polar surface area (TPSA) is 3.24 Å². The van der Waals surface area contributed by atoms with Crippen LogP contribution in [-0.4, -0.2) is 0 Å². The van der Waals surface area contributed by atoms with E-state index in [1.54, 1.807) is 0 Å². The zero-order chi connectivity index (χ0) is 44.5. The van der Waals surface area contributed by atoms with Gasteiger partial charge in [0.25, 0.3) is 0 Å². The van der Waals surface area contributed by atoms with Crippen LogP contribution in [0.3, 0.4) is 0 Å². The number of rotatable bonds is 7. The molecule has 67 heavy (non-hydrogen) atoms. The molecule has 1 unspecified atom stereocenters. The Morgan fingerprint density at radius 2 is 0.821 bits per heavy atom. The van der Waals surface area contributed by atoms with E-state index in [9.17, 15) is 0 Å². The highest BCUT2D eigenvalue weighted by atomic mass is 15.1. The smallest absolute Gasteiger partial charge is 0.0543 e. The predicted molar refractivity (Wildman–Crippen MR) is 285 cm³/mol. The molecule has 1 heteroatoms. The summed E-state index contributed by atoms with van der Waals surface area (Å²) >= 11 is 0.